The first-order chi connectivity index (χ1) is 11.5. The summed E-state index contributed by atoms with van der Waals surface area (Å²) in [6.45, 7) is 0. The van der Waals surface area contributed by atoms with Crippen molar-refractivity contribution >= 4 is 18.0 Å². The maximum Gasteiger partial charge on any atom is 0.415 e. The van der Waals surface area contributed by atoms with Crippen molar-refractivity contribution in [2.75, 3.05) is 0 Å². The van der Waals surface area contributed by atoms with Gasteiger partial charge in [0.15, 0.2) is 0 Å². The smallest absolute Gasteiger partial charge is 0.415 e. The monoisotopic (exact) mass is 327 g/mol. The molecule has 0 aliphatic rings. The number of nitrogens with one attached hydrogen (secondary N) is 1. The average molecular weight is 327 g/mol. The van der Waals surface area contributed by atoms with Crippen molar-refractivity contribution in [3.8, 4) is 0 Å². The number of esters is 1. The number of rotatable bonds is 6. The number of carboxylic acids is 1. The van der Waals surface area contributed by atoms with E-state index in [-0.39, 0.29) is 12.0 Å². The Morgan fingerprint density at radius 3 is 2.12 bits per heavy atom. The molecule has 1 amide bonds. The van der Waals surface area contributed by atoms with Crippen LogP contribution in [0.1, 0.15) is 22.3 Å². The van der Waals surface area contributed by atoms with Crippen LogP contribution in [0, 0.1) is 0 Å². The van der Waals surface area contributed by atoms with Gasteiger partial charge in [-0.1, -0.05) is 48.5 Å². The zero-order valence-corrected chi connectivity index (χ0v) is 12.8. The summed E-state index contributed by atoms with van der Waals surface area (Å²) in [5.74, 6) is -1.84. The van der Waals surface area contributed by atoms with E-state index in [1.165, 1.54) is 12.1 Å². The van der Waals surface area contributed by atoms with Crippen molar-refractivity contribution < 1.29 is 24.2 Å². The molecule has 0 fully saturated rings. The molecule has 6 heteroatoms. The quantitative estimate of drug-likeness (QED) is 0.628. The Morgan fingerprint density at radius 1 is 0.958 bits per heavy atom. The predicted molar refractivity (Wildman–Crippen MR) is 86.6 cm³/mol. The van der Waals surface area contributed by atoms with E-state index in [1.54, 1.807) is 18.2 Å². The number of hydrogen-bond donors (Lipinski definition) is 2. The van der Waals surface area contributed by atoms with Gasteiger partial charge in [-0.25, -0.2) is 9.59 Å². The molecule has 0 heterocycles. The summed E-state index contributed by atoms with van der Waals surface area (Å²) >= 11 is 0. The number of carbonyl (C=O) groups is 3. The Bertz CT molecular complexity index is 700. The molecule has 0 aliphatic heterocycles. The number of benzene rings is 2. The average Bonchev–Trinajstić information content (AvgIpc) is 2.55. The maximum absolute atomic E-state index is 11.9. The summed E-state index contributed by atoms with van der Waals surface area (Å²) in [5, 5.41) is 11.4. The molecule has 1 unspecified atom stereocenters. The van der Waals surface area contributed by atoms with E-state index in [1.807, 2.05) is 30.3 Å². The lowest BCUT2D eigenvalue weighted by atomic mass is 10.0. The van der Waals surface area contributed by atoms with Crippen molar-refractivity contribution in [3.05, 3.63) is 71.8 Å². The summed E-state index contributed by atoms with van der Waals surface area (Å²) in [5.41, 5.74) is 1.11. The molecule has 0 aliphatic carbocycles. The van der Waals surface area contributed by atoms with Crippen LogP contribution in [0.4, 0.5) is 4.79 Å². The van der Waals surface area contributed by atoms with Gasteiger partial charge in [0.25, 0.3) is 0 Å². The second-order valence-electron chi connectivity index (χ2n) is 5.17. The minimum atomic E-state index is -1.05. The Morgan fingerprint density at radius 2 is 1.54 bits per heavy atom. The van der Waals surface area contributed by atoms with Crippen molar-refractivity contribution in [2.45, 2.75) is 18.9 Å². The number of aliphatic carboxylic acids is 1. The number of amides is 1. The number of alkyl carbamates (subject to hydrolysis) is 1. The molecule has 0 spiro atoms. The zero-order valence-electron chi connectivity index (χ0n) is 12.8. The van der Waals surface area contributed by atoms with Crippen LogP contribution >= 0.6 is 0 Å². The highest BCUT2D eigenvalue weighted by atomic mass is 16.6. The molecule has 124 valence electrons. The van der Waals surface area contributed by atoms with E-state index >= 15 is 0 Å². The van der Waals surface area contributed by atoms with Crippen molar-refractivity contribution in [1.82, 2.24) is 5.32 Å². The van der Waals surface area contributed by atoms with E-state index < -0.39 is 24.1 Å². The first-order valence-electron chi connectivity index (χ1n) is 7.38. The summed E-state index contributed by atoms with van der Waals surface area (Å²) < 4.78 is 4.70. The fraction of sp³-hybridized carbons (Fsp3) is 0.167. The van der Waals surface area contributed by atoms with Crippen LogP contribution in [-0.2, 0) is 16.0 Å². The molecule has 0 radical (unpaired) electrons. The van der Waals surface area contributed by atoms with E-state index in [4.69, 9.17) is 9.84 Å². The third-order valence-corrected chi connectivity index (χ3v) is 3.26. The fourth-order valence-electron chi connectivity index (χ4n) is 2.20. The molecule has 1 atom stereocenters. The van der Waals surface area contributed by atoms with Gasteiger partial charge in [-0.05, 0) is 24.1 Å². The summed E-state index contributed by atoms with van der Waals surface area (Å²) in [6, 6.07) is 16.6. The Hall–Kier alpha value is -3.15. The van der Waals surface area contributed by atoms with E-state index in [0.717, 1.165) is 5.56 Å². The minimum Gasteiger partial charge on any atom is -0.481 e. The SMILES string of the molecule is O=C(O)CC(Cc1ccccc1)NC(=O)OC(=O)c1ccccc1. The Labute approximate surface area is 139 Å². The van der Waals surface area contributed by atoms with Crippen LogP contribution in [0.2, 0.25) is 0 Å². The highest BCUT2D eigenvalue weighted by Crippen LogP contribution is 2.07. The van der Waals surface area contributed by atoms with Crippen LogP contribution in [0.15, 0.2) is 60.7 Å². The van der Waals surface area contributed by atoms with Crippen molar-refractivity contribution in [2.24, 2.45) is 0 Å². The highest BCUT2D eigenvalue weighted by molar-refractivity contribution is 5.96. The van der Waals surface area contributed by atoms with Gasteiger partial charge in [-0.15, -0.1) is 0 Å². The number of carbonyl (C=O) groups excluding carboxylic acids is 2. The summed E-state index contributed by atoms with van der Waals surface area (Å²) in [7, 11) is 0. The van der Waals surface area contributed by atoms with Crippen molar-refractivity contribution in [1.29, 1.82) is 0 Å². The first-order valence-corrected chi connectivity index (χ1v) is 7.38. The Balaban J connectivity index is 1.96. The molecule has 0 saturated heterocycles. The normalized spacial score (nSPS) is 11.3. The van der Waals surface area contributed by atoms with E-state index in [2.05, 4.69) is 5.32 Å². The molecule has 2 rings (SSSR count). The summed E-state index contributed by atoms with van der Waals surface area (Å²) in [4.78, 5) is 34.6. The largest absolute Gasteiger partial charge is 0.481 e. The summed E-state index contributed by atoms with van der Waals surface area (Å²) in [6.07, 6.45) is -0.920. The lowest BCUT2D eigenvalue weighted by molar-refractivity contribution is -0.137. The van der Waals surface area contributed by atoms with Gasteiger partial charge in [0.2, 0.25) is 0 Å². The molecule has 0 saturated carbocycles. The highest BCUT2D eigenvalue weighted by Gasteiger charge is 2.19. The number of ether oxygens (including phenoxy) is 1. The van der Waals surface area contributed by atoms with Gasteiger partial charge in [0.05, 0.1) is 12.0 Å². The van der Waals surface area contributed by atoms with Gasteiger partial charge in [0.1, 0.15) is 0 Å². The van der Waals surface area contributed by atoms with Gasteiger partial charge < -0.3 is 15.2 Å². The molecular weight excluding hydrogens is 310 g/mol. The van der Waals surface area contributed by atoms with Gasteiger partial charge >= 0.3 is 18.0 Å². The van der Waals surface area contributed by atoms with Crippen molar-refractivity contribution in [3.63, 3.8) is 0 Å². The Kier molecular flexibility index (Phi) is 6.08. The third-order valence-electron chi connectivity index (χ3n) is 3.26. The standard InChI is InChI=1S/C18H17NO5/c20-16(21)12-15(11-13-7-3-1-4-8-13)19-18(23)24-17(22)14-9-5-2-6-10-14/h1-10,15H,11-12H2,(H,19,23)(H,20,21). The van der Waals surface area contributed by atoms with E-state index in [9.17, 15) is 14.4 Å². The molecule has 0 aromatic heterocycles. The van der Waals surface area contributed by atoms with Crippen LogP contribution in [0.5, 0.6) is 0 Å². The van der Waals surface area contributed by atoms with Crippen LogP contribution < -0.4 is 5.32 Å². The second-order valence-corrected chi connectivity index (χ2v) is 5.17. The van der Waals surface area contributed by atoms with Gasteiger partial charge in [0, 0.05) is 6.04 Å². The van der Waals surface area contributed by atoms with E-state index in [0.29, 0.717) is 6.42 Å². The first kappa shape index (κ1) is 17.2. The molecule has 0 bridgehead atoms. The molecular formula is C18H17NO5. The molecule has 2 N–H and O–H groups in total. The molecule has 24 heavy (non-hydrogen) atoms. The third kappa shape index (κ3) is 5.57. The van der Waals surface area contributed by atoms with Crippen LogP contribution in [0.3, 0.4) is 0 Å². The minimum absolute atomic E-state index is 0.241. The lowest BCUT2D eigenvalue weighted by Gasteiger charge is -2.16. The van der Waals surface area contributed by atoms with Gasteiger partial charge in [-0.2, -0.15) is 0 Å². The number of carboxylic acid groups (broad SMARTS) is 1. The number of hydrogen-bond acceptors (Lipinski definition) is 4. The maximum atomic E-state index is 11.9. The predicted octanol–water partition coefficient (Wildman–Crippen LogP) is 2.64. The fourth-order valence-corrected chi connectivity index (χ4v) is 2.20. The lowest BCUT2D eigenvalue weighted by Crippen LogP contribution is -2.39. The second kappa shape index (κ2) is 8.47. The van der Waals surface area contributed by atoms with Crippen LogP contribution in [-0.4, -0.2) is 29.2 Å². The topological polar surface area (TPSA) is 92.7 Å². The molecule has 2 aromatic rings. The molecule has 2 aromatic carbocycles. The molecule has 6 nitrogen and oxygen atoms in total. The zero-order chi connectivity index (χ0) is 17.4. The van der Waals surface area contributed by atoms with Gasteiger partial charge in [-0.3, -0.25) is 4.79 Å². The van der Waals surface area contributed by atoms with Crippen LogP contribution in [0.25, 0.3) is 0 Å².